The van der Waals surface area contributed by atoms with E-state index < -0.39 is 11.3 Å². The lowest BCUT2D eigenvalue weighted by Gasteiger charge is -2.38. The molecule has 8 heteroatoms. The smallest absolute Gasteiger partial charge is 0.270 e. The third kappa shape index (κ3) is 3.04. The molecule has 0 amide bonds. The molecule has 0 aromatic carbocycles. The molecule has 0 bridgehead atoms. The van der Waals surface area contributed by atoms with Gasteiger partial charge in [0.05, 0.1) is 0 Å². The zero-order chi connectivity index (χ0) is 12.1. The lowest BCUT2D eigenvalue weighted by Crippen LogP contribution is -2.57. The van der Waals surface area contributed by atoms with Gasteiger partial charge in [-0.05, 0) is 19.8 Å². The summed E-state index contributed by atoms with van der Waals surface area (Å²) in [4.78, 5) is 11.8. The number of hydrazone groups is 1. The normalized spacial score (nSPS) is 26.9. The van der Waals surface area contributed by atoms with Crippen LogP contribution >= 0.6 is 0 Å². The summed E-state index contributed by atoms with van der Waals surface area (Å²) in [5.41, 5.74) is 11.4. The van der Waals surface area contributed by atoms with E-state index in [-0.39, 0.29) is 12.0 Å². The molecule has 0 aromatic heterocycles. The Bertz CT molecular complexity index is 283. The lowest BCUT2D eigenvalue weighted by molar-refractivity contribution is -0.486. The maximum absolute atomic E-state index is 10.2. The van der Waals surface area contributed by atoms with Crippen LogP contribution < -0.4 is 11.5 Å². The van der Waals surface area contributed by atoms with E-state index in [1.165, 1.54) is 0 Å². The first-order valence-electron chi connectivity index (χ1n) is 5.18. The molecule has 1 fully saturated rings. The first-order valence-corrected chi connectivity index (χ1v) is 5.18. The zero-order valence-electron chi connectivity index (χ0n) is 9.20. The Morgan fingerprint density at radius 3 is 3.00 bits per heavy atom. The third-order valence-electron chi connectivity index (χ3n) is 2.43. The van der Waals surface area contributed by atoms with E-state index in [0.29, 0.717) is 13.2 Å². The maximum Gasteiger partial charge on any atom is 0.270 e. The number of nitrogens with two attached hydrogens (primary N) is 2. The number of hydrogen-bond donors (Lipinski definition) is 2. The second-order valence-electron chi connectivity index (χ2n) is 3.54. The van der Waals surface area contributed by atoms with Gasteiger partial charge < -0.3 is 21.1 Å². The van der Waals surface area contributed by atoms with Crippen LogP contribution in [0, 0.1) is 10.1 Å². The van der Waals surface area contributed by atoms with Crippen molar-refractivity contribution in [3.05, 3.63) is 10.1 Å². The van der Waals surface area contributed by atoms with Gasteiger partial charge in [-0.25, -0.2) is 10.1 Å². The molecule has 1 rings (SSSR count). The van der Waals surface area contributed by atoms with Gasteiger partial charge in [0.2, 0.25) is 0 Å². The molecule has 0 aromatic rings. The maximum atomic E-state index is 10.2. The van der Waals surface area contributed by atoms with Crippen LogP contribution in [0.1, 0.15) is 19.8 Å². The van der Waals surface area contributed by atoms with E-state index in [1.807, 2.05) is 6.92 Å². The molecule has 0 saturated carbocycles. The minimum atomic E-state index is -0.821. The SMILES string of the molecule is CCOC1[C@@H](N)CCCN1/C(N)=N/[N+](=O)[O-]. The van der Waals surface area contributed by atoms with Crippen LogP contribution in [0.3, 0.4) is 0 Å². The Morgan fingerprint density at radius 2 is 2.44 bits per heavy atom. The van der Waals surface area contributed by atoms with Gasteiger partial charge in [0, 0.05) is 19.2 Å². The number of likely N-dealkylation sites (tertiary alicyclic amines) is 1. The van der Waals surface area contributed by atoms with Gasteiger partial charge in [0.1, 0.15) is 11.3 Å². The Kier molecular flexibility index (Phi) is 4.44. The van der Waals surface area contributed by atoms with Crippen molar-refractivity contribution in [3.63, 3.8) is 0 Å². The number of rotatable bonds is 3. The van der Waals surface area contributed by atoms with Gasteiger partial charge in [-0.1, -0.05) is 0 Å². The fourth-order valence-electron chi connectivity index (χ4n) is 1.77. The monoisotopic (exact) mass is 231 g/mol. The molecular formula is C8H17N5O3. The van der Waals surface area contributed by atoms with Crippen molar-refractivity contribution in [3.8, 4) is 0 Å². The molecule has 1 unspecified atom stereocenters. The summed E-state index contributed by atoms with van der Waals surface area (Å²) in [5.74, 6) is -0.154. The van der Waals surface area contributed by atoms with E-state index in [1.54, 1.807) is 4.90 Å². The van der Waals surface area contributed by atoms with Crippen molar-refractivity contribution in [2.45, 2.75) is 32.0 Å². The third-order valence-corrected chi connectivity index (χ3v) is 2.43. The first-order chi connectivity index (χ1) is 7.56. The number of nitro groups is 1. The Hall–Kier alpha value is -1.41. The molecule has 1 aliphatic heterocycles. The number of guanidine groups is 1. The summed E-state index contributed by atoms with van der Waals surface area (Å²) >= 11 is 0. The fourth-order valence-corrected chi connectivity index (χ4v) is 1.77. The minimum absolute atomic E-state index is 0.154. The standard InChI is InChI=1S/C8H17N5O3/c1-2-16-7-6(9)4-3-5-12(7)8(10)11-13(14)15/h6-7H,2-5,9H2,1H3,(H2,10,11)/t6-,7?/m0/s1. The van der Waals surface area contributed by atoms with E-state index in [0.717, 1.165) is 12.8 Å². The topological polar surface area (TPSA) is 120 Å². The molecule has 1 saturated heterocycles. The van der Waals surface area contributed by atoms with Crippen molar-refractivity contribution in [1.29, 1.82) is 0 Å². The van der Waals surface area contributed by atoms with Gasteiger partial charge in [-0.2, -0.15) is 0 Å². The average molecular weight is 231 g/mol. The number of piperidine rings is 1. The van der Waals surface area contributed by atoms with Crippen LogP contribution in [0.15, 0.2) is 5.10 Å². The van der Waals surface area contributed by atoms with Crippen molar-refractivity contribution < 1.29 is 9.77 Å². The van der Waals surface area contributed by atoms with Crippen molar-refractivity contribution in [2.24, 2.45) is 16.6 Å². The quantitative estimate of drug-likeness (QED) is 0.286. The van der Waals surface area contributed by atoms with E-state index in [9.17, 15) is 10.1 Å². The molecule has 92 valence electrons. The highest BCUT2D eigenvalue weighted by Gasteiger charge is 2.31. The van der Waals surface area contributed by atoms with Gasteiger partial charge in [0.25, 0.3) is 5.96 Å². The van der Waals surface area contributed by atoms with Crippen LogP contribution in [-0.4, -0.2) is 41.3 Å². The van der Waals surface area contributed by atoms with Crippen LogP contribution in [0.5, 0.6) is 0 Å². The minimum Gasteiger partial charge on any atom is -0.364 e. The number of ether oxygens (including phenoxy) is 1. The summed E-state index contributed by atoms with van der Waals surface area (Å²) in [6, 6.07) is -0.200. The molecular weight excluding hydrogens is 214 g/mol. The Morgan fingerprint density at radius 1 is 1.75 bits per heavy atom. The highest BCUT2D eigenvalue weighted by atomic mass is 16.7. The van der Waals surface area contributed by atoms with Crippen molar-refractivity contribution >= 4 is 5.96 Å². The van der Waals surface area contributed by atoms with Gasteiger partial charge in [-0.3, -0.25) is 0 Å². The summed E-state index contributed by atoms with van der Waals surface area (Å²) < 4.78 is 5.43. The van der Waals surface area contributed by atoms with Gasteiger partial charge >= 0.3 is 0 Å². The van der Waals surface area contributed by atoms with Crippen molar-refractivity contribution in [1.82, 2.24) is 4.90 Å². The fraction of sp³-hybridized carbons (Fsp3) is 0.875. The summed E-state index contributed by atoms with van der Waals surface area (Å²) in [6.07, 6.45) is 1.20. The van der Waals surface area contributed by atoms with Crippen LogP contribution in [0.2, 0.25) is 0 Å². The molecule has 16 heavy (non-hydrogen) atoms. The van der Waals surface area contributed by atoms with Crippen molar-refractivity contribution in [2.75, 3.05) is 13.2 Å². The predicted molar refractivity (Wildman–Crippen MR) is 57.9 cm³/mol. The second-order valence-corrected chi connectivity index (χ2v) is 3.54. The van der Waals surface area contributed by atoms with E-state index in [2.05, 4.69) is 5.10 Å². The summed E-state index contributed by atoms with van der Waals surface area (Å²) in [5, 5.41) is 12.5. The number of nitrogens with zero attached hydrogens (tertiary/aromatic N) is 3. The van der Waals surface area contributed by atoms with Gasteiger partial charge in [0.15, 0.2) is 5.03 Å². The molecule has 1 aliphatic rings. The molecule has 4 N–H and O–H groups in total. The summed E-state index contributed by atoms with van der Waals surface area (Å²) in [6.45, 7) is 2.88. The molecule has 0 aliphatic carbocycles. The van der Waals surface area contributed by atoms with Gasteiger partial charge in [-0.15, -0.1) is 0 Å². The average Bonchev–Trinajstić information content (AvgIpc) is 2.20. The summed E-state index contributed by atoms with van der Waals surface area (Å²) in [7, 11) is 0. The van der Waals surface area contributed by atoms with E-state index in [4.69, 9.17) is 16.2 Å². The first kappa shape index (κ1) is 12.7. The van der Waals surface area contributed by atoms with Crippen LogP contribution in [0.4, 0.5) is 0 Å². The largest absolute Gasteiger partial charge is 0.364 e. The molecule has 1 heterocycles. The van der Waals surface area contributed by atoms with Crippen LogP contribution in [-0.2, 0) is 4.74 Å². The molecule has 2 atom stereocenters. The second kappa shape index (κ2) is 5.61. The predicted octanol–water partition coefficient (Wildman–Crippen LogP) is -0.721. The lowest BCUT2D eigenvalue weighted by atomic mass is 10.1. The highest BCUT2D eigenvalue weighted by Crippen LogP contribution is 2.16. The Balaban J connectivity index is 2.78. The van der Waals surface area contributed by atoms with E-state index >= 15 is 0 Å². The van der Waals surface area contributed by atoms with Crippen LogP contribution in [0.25, 0.3) is 0 Å². The molecule has 0 spiro atoms. The Labute approximate surface area is 93.4 Å². The molecule has 8 nitrogen and oxygen atoms in total. The molecule has 0 radical (unpaired) electrons. The zero-order valence-corrected chi connectivity index (χ0v) is 9.20. The number of hydrogen-bond acceptors (Lipinski definition) is 4. The highest BCUT2D eigenvalue weighted by molar-refractivity contribution is 5.77.